The Morgan fingerprint density at radius 2 is 1.96 bits per heavy atom. The molecule has 1 fully saturated rings. The van der Waals surface area contributed by atoms with Crippen LogP contribution in [-0.2, 0) is 17.6 Å². The van der Waals surface area contributed by atoms with E-state index in [1.165, 1.54) is 31.2 Å². The number of carbonyl (C=O) groups excluding carboxylic acids is 1. The molecule has 0 saturated heterocycles. The summed E-state index contributed by atoms with van der Waals surface area (Å²) in [5.74, 6) is 0.654. The first-order valence-electron chi connectivity index (χ1n) is 9.95. The van der Waals surface area contributed by atoms with Crippen molar-refractivity contribution in [1.29, 1.82) is 0 Å². The lowest BCUT2D eigenvalue weighted by molar-refractivity contribution is -0.121. The third kappa shape index (κ3) is 4.21. The summed E-state index contributed by atoms with van der Waals surface area (Å²) in [4.78, 5) is 17.4. The van der Waals surface area contributed by atoms with E-state index in [0.717, 1.165) is 23.3 Å². The zero-order valence-electron chi connectivity index (χ0n) is 15.9. The Bertz CT molecular complexity index is 910. The predicted octanol–water partition coefficient (Wildman–Crippen LogP) is 4.10. The monoisotopic (exact) mass is 361 g/mol. The lowest BCUT2D eigenvalue weighted by Gasteiger charge is -2.25. The minimum Gasteiger partial charge on any atom is -0.352 e. The molecule has 140 valence electrons. The van der Waals surface area contributed by atoms with E-state index < -0.39 is 0 Å². The van der Waals surface area contributed by atoms with Gasteiger partial charge in [0.2, 0.25) is 5.91 Å². The summed E-state index contributed by atoms with van der Waals surface area (Å²) in [6.07, 6.45) is 10.2. The van der Waals surface area contributed by atoms with Gasteiger partial charge in [0.15, 0.2) is 0 Å². The largest absolute Gasteiger partial charge is 0.352 e. The van der Waals surface area contributed by atoms with Crippen molar-refractivity contribution in [2.45, 2.75) is 51.5 Å². The van der Waals surface area contributed by atoms with Crippen molar-refractivity contribution in [3.8, 4) is 0 Å². The summed E-state index contributed by atoms with van der Waals surface area (Å²) >= 11 is 0. The summed E-state index contributed by atoms with van der Waals surface area (Å²) in [5.41, 5.74) is 4.17. The van der Waals surface area contributed by atoms with Gasteiger partial charge in [0.25, 0.3) is 0 Å². The third-order valence-corrected chi connectivity index (χ3v) is 5.68. The molecule has 1 aromatic carbocycles. The molecular weight excluding hydrogens is 334 g/mol. The zero-order chi connectivity index (χ0) is 18.6. The second-order valence-corrected chi connectivity index (χ2v) is 7.74. The molecule has 0 bridgehead atoms. The molecule has 0 spiro atoms. The average molecular weight is 361 g/mol. The molecule has 1 aliphatic rings. The highest BCUT2D eigenvalue weighted by molar-refractivity contribution is 5.78. The quantitative estimate of drug-likeness (QED) is 0.718. The summed E-state index contributed by atoms with van der Waals surface area (Å²) < 4.78 is 2.00. The maximum Gasteiger partial charge on any atom is 0.226 e. The number of rotatable bonds is 6. The lowest BCUT2D eigenvalue weighted by Crippen LogP contribution is -2.41. The van der Waals surface area contributed by atoms with E-state index in [4.69, 9.17) is 0 Å². The van der Waals surface area contributed by atoms with Gasteiger partial charge in [-0.1, -0.05) is 49.2 Å². The van der Waals surface area contributed by atoms with E-state index in [1.807, 2.05) is 41.9 Å². The highest BCUT2D eigenvalue weighted by atomic mass is 16.1. The molecule has 2 heterocycles. The van der Waals surface area contributed by atoms with Crippen LogP contribution in [0.3, 0.4) is 0 Å². The predicted molar refractivity (Wildman–Crippen MR) is 108 cm³/mol. The first kappa shape index (κ1) is 17.8. The van der Waals surface area contributed by atoms with Crippen molar-refractivity contribution in [3.05, 3.63) is 71.7 Å². The fraction of sp³-hybridized carbons (Fsp3) is 0.391. The fourth-order valence-electron chi connectivity index (χ4n) is 4.28. The van der Waals surface area contributed by atoms with Crippen LogP contribution in [0.5, 0.6) is 0 Å². The molecule has 1 unspecified atom stereocenters. The zero-order valence-corrected chi connectivity index (χ0v) is 15.9. The molecule has 1 atom stereocenters. The van der Waals surface area contributed by atoms with Crippen molar-refractivity contribution in [3.63, 3.8) is 0 Å². The van der Waals surface area contributed by atoms with Gasteiger partial charge in [-0.25, -0.2) is 4.98 Å². The molecule has 3 aromatic rings. The van der Waals surface area contributed by atoms with Crippen LogP contribution >= 0.6 is 0 Å². The van der Waals surface area contributed by atoms with Gasteiger partial charge in [0.1, 0.15) is 5.65 Å². The second kappa shape index (κ2) is 7.95. The molecule has 27 heavy (non-hydrogen) atoms. The van der Waals surface area contributed by atoms with E-state index in [0.29, 0.717) is 12.3 Å². The molecule has 1 N–H and O–H groups in total. The van der Waals surface area contributed by atoms with Gasteiger partial charge in [-0.2, -0.15) is 0 Å². The van der Waals surface area contributed by atoms with Crippen LogP contribution in [-0.4, -0.2) is 21.3 Å². The molecule has 1 aliphatic carbocycles. The van der Waals surface area contributed by atoms with Gasteiger partial charge in [0, 0.05) is 18.4 Å². The van der Waals surface area contributed by atoms with Crippen molar-refractivity contribution < 1.29 is 4.79 Å². The average Bonchev–Trinajstić information content (AvgIpc) is 3.32. The summed E-state index contributed by atoms with van der Waals surface area (Å²) in [6, 6.07) is 14.7. The molecule has 1 amide bonds. The SMILES string of the molecule is Cc1cccn2cc(CC(=O)NC(Cc3ccccc3)C3CCCC3)nc12. The number of pyridine rings is 1. The number of hydrogen-bond donors (Lipinski definition) is 1. The fourth-order valence-corrected chi connectivity index (χ4v) is 4.28. The van der Waals surface area contributed by atoms with Crippen molar-refractivity contribution >= 4 is 11.6 Å². The molecule has 0 aliphatic heterocycles. The van der Waals surface area contributed by atoms with Crippen LogP contribution < -0.4 is 5.32 Å². The lowest BCUT2D eigenvalue weighted by atomic mass is 9.92. The first-order chi connectivity index (χ1) is 13.2. The van der Waals surface area contributed by atoms with Gasteiger partial charge in [-0.3, -0.25) is 4.79 Å². The maximum absolute atomic E-state index is 12.8. The molecule has 4 heteroatoms. The van der Waals surface area contributed by atoms with Crippen molar-refractivity contribution in [2.24, 2.45) is 5.92 Å². The third-order valence-electron chi connectivity index (χ3n) is 5.68. The van der Waals surface area contributed by atoms with E-state index in [9.17, 15) is 4.79 Å². The topological polar surface area (TPSA) is 46.4 Å². The normalized spacial score (nSPS) is 15.9. The highest BCUT2D eigenvalue weighted by Gasteiger charge is 2.26. The van der Waals surface area contributed by atoms with Gasteiger partial charge in [-0.05, 0) is 49.3 Å². The Kier molecular flexibility index (Phi) is 5.23. The standard InChI is InChI=1S/C23H27N3O/c1-17-8-7-13-26-16-20(24-23(17)26)15-22(27)25-21(19-11-5-6-12-19)14-18-9-3-2-4-10-18/h2-4,7-10,13,16,19,21H,5-6,11-12,14-15H2,1H3,(H,25,27). The summed E-state index contributed by atoms with van der Waals surface area (Å²) in [7, 11) is 0. The number of aryl methyl sites for hydroxylation is 1. The minimum atomic E-state index is 0.0730. The van der Waals surface area contributed by atoms with Crippen LogP contribution in [0.4, 0.5) is 0 Å². The van der Waals surface area contributed by atoms with Crippen LogP contribution in [0, 0.1) is 12.8 Å². The van der Waals surface area contributed by atoms with E-state index >= 15 is 0 Å². The van der Waals surface area contributed by atoms with Crippen LogP contribution in [0.2, 0.25) is 0 Å². The van der Waals surface area contributed by atoms with E-state index in [1.54, 1.807) is 0 Å². The van der Waals surface area contributed by atoms with Crippen molar-refractivity contribution in [2.75, 3.05) is 0 Å². The number of nitrogens with zero attached hydrogens (tertiary/aromatic N) is 2. The number of hydrogen-bond acceptors (Lipinski definition) is 2. The van der Waals surface area contributed by atoms with Gasteiger partial charge < -0.3 is 9.72 Å². The van der Waals surface area contributed by atoms with E-state index in [-0.39, 0.29) is 11.9 Å². The van der Waals surface area contributed by atoms with Gasteiger partial charge in [-0.15, -0.1) is 0 Å². The minimum absolute atomic E-state index is 0.0730. The van der Waals surface area contributed by atoms with Gasteiger partial charge in [0.05, 0.1) is 12.1 Å². The Hall–Kier alpha value is -2.62. The maximum atomic E-state index is 12.8. The number of carbonyl (C=O) groups is 1. The Labute approximate surface area is 160 Å². The Balaban J connectivity index is 1.46. The molecule has 4 nitrogen and oxygen atoms in total. The second-order valence-electron chi connectivity index (χ2n) is 7.74. The summed E-state index contributed by atoms with van der Waals surface area (Å²) in [5, 5.41) is 3.33. The number of benzene rings is 1. The van der Waals surface area contributed by atoms with Crippen LogP contribution in [0.15, 0.2) is 54.9 Å². The van der Waals surface area contributed by atoms with Gasteiger partial charge >= 0.3 is 0 Å². The Morgan fingerprint density at radius 1 is 1.19 bits per heavy atom. The summed E-state index contributed by atoms with van der Waals surface area (Å²) in [6.45, 7) is 2.04. The smallest absolute Gasteiger partial charge is 0.226 e. The molecule has 0 radical (unpaired) electrons. The number of aromatic nitrogens is 2. The van der Waals surface area contributed by atoms with Crippen LogP contribution in [0.1, 0.15) is 42.5 Å². The van der Waals surface area contributed by atoms with Crippen LogP contribution in [0.25, 0.3) is 5.65 Å². The number of nitrogens with one attached hydrogen (secondary N) is 1. The first-order valence-corrected chi connectivity index (χ1v) is 9.95. The molecule has 2 aromatic heterocycles. The molecule has 1 saturated carbocycles. The van der Waals surface area contributed by atoms with E-state index in [2.05, 4.69) is 34.6 Å². The number of imidazole rings is 1. The highest BCUT2D eigenvalue weighted by Crippen LogP contribution is 2.29. The van der Waals surface area contributed by atoms with Crippen molar-refractivity contribution in [1.82, 2.24) is 14.7 Å². The number of fused-ring (bicyclic) bond motifs is 1. The Morgan fingerprint density at radius 3 is 2.70 bits per heavy atom. The molecular formula is C23H27N3O. The number of amides is 1. The molecule has 4 rings (SSSR count).